The molecule has 1 N–H and O–H groups in total. The Bertz CT molecular complexity index is 794. The van der Waals surface area contributed by atoms with E-state index in [2.05, 4.69) is 0 Å². The van der Waals surface area contributed by atoms with E-state index in [0.29, 0.717) is 22.6 Å². The van der Waals surface area contributed by atoms with E-state index in [1.165, 1.54) is 14.0 Å². The first kappa shape index (κ1) is 21.2. The lowest BCUT2D eigenvalue weighted by molar-refractivity contribution is -0.772. The molecule has 28 heavy (non-hydrogen) atoms. The molecule has 0 aliphatic carbocycles. The van der Waals surface area contributed by atoms with Crippen molar-refractivity contribution in [3.8, 4) is 0 Å². The van der Waals surface area contributed by atoms with Crippen LogP contribution in [0.25, 0.3) is 0 Å². The standard InChI is InChI=1S/C20H24N2O6/c1-16(22(25)28-13-12-21-10-6-3-7-11-21)27-14-17-8-4-5-9-18(17)19(15-26-2)20(23)24/h3-11,19H,12-15H2,1-2H3/p+1/b22-16+. The third-order valence-corrected chi connectivity index (χ3v) is 4.09. The van der Waals surface area contributed by atoms with E-state index in [1.54, 1.807) is 24.3 Å². The van der Waals surface area contributed by atoms with E-state index >= 15 is 0 Å². The molecule has 1 aromatic heterocycles. The molecule has 1 heterocycles. The van der Waals surface area contributed by atoms with E-state index in [9.17, 15) is 15.1 Å². The van der Waals surface area contributed by atoms with Crippen molar-refractivity contribution in [2.45, 2.75) is 26.0 Å². The highest BCUT2D eigenvalue weighted by Crippen LogP contribution is 2.22. The minimum Gasteiger partial charge on any atom is -0.481 e. The van der Waals surface area contributed by atoms with Gasteiger partial charge in [-0.05, 0) is 11.1 Å². The number of carboxylic acids is 1. The number of aromatic nitrogens is 1. The number of benzene rings is 1. The topological polar surface area (TPSA) is 94.9 Å². The summed E-state index contributed by atoms with van der Waals surface area (Å²) in [6, 6.07) is 12.7. The van der Waals surface area contributed by atoms with Crippen LogP contribution in [0.3, 0.4) is 0 Å². The van der Waals surface area contributed by atoms with Gasteiger partial charge in [-0.3, -0.25) is 10.0 Å². The number of hydrogen-bond acceptors (Lipinski definition) is 5. The SMILES string of the molecule is COCC(C(=O)O)c1ccccc1CO/C(C)=[N+](\[O-])OCC[n+]1ccccc1. The Morgan fingerprint density at radius 1 is 1.21 bits per heavy atom. The predicted molar refractivity (Wildman–Crippen MR) is 100 cm³/mol. The molecule has 8 nitrogen and oxygen atoms in total. The van der Waals surface area contributed by atoms with Crippen LogP contribution >= 0.6 is 0 Å². The zero-order chi connectivity index (χ0) is 20.4. The Hall–Kier alpha value is -3.13. The quantitative estimate of drug-likeness (QED) is 0.219. The van der Waals surface area contributed by atoms with Crippen LogP contribution in [0, 0.1) is 5.21 Å². The van der Waals surface area contributed by atoms with Gasteiger partial charge in [-0.1, -0.05) is 30.3 Å². The summed E-state index contributed by atoms with van der Waals surface area (Å²) in [6.45, 7) is 2.29. The molecule has 0 radical (unpaired) electrons. The normalized spacial score (nSPS) is 12.8. The molecule has 0 aliphatic rings. The van der Waals surface area contributed by atoms with Crippen molar-refractivity contribution in [1.82, 2.24) is 0 Å². The van der Waals surface area contributed by atoms with Gasteiger partial charge in [0.25, 0.3) is 0 Å². The average Bonchev–Trinajstić information content (AvgIpc) is 2.71. The van der Waals surface area contributed by atoms with Crippen LogP contribution in [-0.4, -0.2) is 42.2 Å². The van der Waals surface area contributed by atoms with Gasteiger partial charge in [0.15, 0.2) is 18.9 Å². The van der Waals surface area contributed by atoms with Crippen molar-refractivity contribution in [2.75, 3.05) is 20.3 Å². The second kappa shape index (κ2) is 10.9. The third-order valence-electron chi connectivity index (χ3n) is 4.09. The fourth-order valence-corrected chi connectivity index (χ4v) is 2.60. The van der Waals surface area contributed by atoms with Gasteiger partial charge in [0.05, 0.1) is 18.4 Å². The Balaban J connectivity index is 1.96. The lowest BCUT2D eigenvalue weighted by Gasteiger charge is -2.16. The third kappa shape index (κ3) is 6.24. The molecule has 1 unspecified atom stereocenters. The van der Waals surface area contributed by atoms with Crippen molar-refractivity contribution in [3.63, 3.8) is 0 Å². The van der Waals surface area contributed by atoms with Crippen LogP contribution in [0.5, 0.6) is 0 Å². The summed E-state index contributed by atoms with van der Waals surface area (Å²) in [5.74, 6) is -1.76. The zero-order valence-electron chi connectivity index (χ0n) is 16.0. The number of ether oxygens (including phenoxy) is 2. The Morgan fingerprint density at radius 3 is 2.61 bits per heavy atom. The van der Waals surface area contributed by atoms with Crippen molar-refractivity contribution in [3.05, 3.63) is 71.2 Å². The number of pyridine rings is 1. The van der Waals surface area contributed by atoms with Gasteiger partial charge in [-0.15, -0.1) is 0 Å². The van der Waals surface area contributed by atoms with Crippen molar-refractivity contribution in [1.29, 1.82) is 0 Å². The molecule has 1 aromatic carbocycles. The molecule has 0 spiro atoms. The van der Waals surface area contributed by atoms with Gasteiger partial charge in [0, 0.05) is 19.2 Å². The molecule has 2 aromatic rings. The first-order valence-electron chi connectivity index (χ1n) is 8.83. The molecule has 0 saturated carbocycles. The summed E-state index contributed by atoms with van der Waals surface area (Å²) in [5.41, 5.74) is 1.25. The van der Waals surface area contributed by atoms with Crippen molar-refractivity contribution in [2.24, 2.45) is 0 Å². The molecule has 1 atom stereocenters. The Kier molecular flexibility index (Phi) is 8.23. The number of nitrogens with zero attached hydrogens (tertiary/aromatic N) is 2. The summed E-state index contributed by atoms with van der Waals surface area (Å²) in [7, 11) is 1.45. The van der Waals surface area contributed by atoms with Crippen molar-refractivity contribution >= 4 is 11.9 Å². The summed E-state index contributed by atoms with van der Waals surface area (Å²) in [4.78, 5) is 17.0. The van der Waals surface area contributed by atoms with Crippen LogP contribution < -0.4 is 4.57 Å². The highest BCUT2D eigenvalue weighted by Gasteiger charge is 2.23. The smallest absolute Gasteiger partial charge is 0.398 e. The second-order valence-corrected chi connectivity index (χ2v) is 6.06. The molecule has 0 bridgehead atoms. The second-order valence-electron chi connectivity index (χ2n) is 6.06. The van der Waals surface area contributed by atoms with Crippen LogP contribution in [0.2, 0.25) is 0 Å². The molecular formula is C20H25N2O6+. The fraction of sp³-hybridized carbons (Fsp3) is 0.350. The van der Waals surface area contributed by atoms with E-state index < -0.39 is 11.9 Å². The van der Waals surface area contributed by atoms with Crippen LogP contribution in [0.1, 0.15) is 24.0 Å². The van der Waals surface area contributed by atoms with E-state index in [-0.39, 0.29) is 25.7 Å². The predicted octanol–water partition coefficient (Wildman–Crippen LogP) is 1.87. The minimum absolute atomic E-state index is 0.0338. The summed E-state index contributed by atoms with van der Waals surface area (Å²) in [6.07, 6.45) is 3.75. The van der Waals surface area contributed by atoms with Crippen LogP contribution in [0.4, 0.5) is 0 Å². The monoisotopic (exact) mass is 389 g/mol. The Morgan fingerprint density at radius 2 is 1.93 bits per heavy atom. The highest BCUT2D eigenvalue weighted by molar-refractivity contribution is 5.77. The molecular weight excluding hydrogens is 364 g/mol. The van der Waals surface area contributed by atoms with Crippen LogP contribution in [-0.2, 0) is 32.3 Å². The maximum Gasteiger partial charge on any atom is 0.398 e. The first-order valence-corrected chi connectivity index (χ1v) is 8.83. The maximum atomic E-state index is 12.0. The number of hydrogen-bond donors (Lipinski definition) is 1. The highest BCUT2D eigenvalue weighted by atomic mass is 16.9. The Labute approximate surface area is 163 Å². The molecule has 0 aliphatic heterocycles. The minimum atomic E-state index is -0.984. The van der Waals surface area contributed by atoms with Gasteiger partial charge in [-0.25, -0.2) is 4.57 Å². The fourth-order valence-electron chi connectivity index (χ4n) is 2.60. The maximum absolute atomic E-state index is 12.0. The summed E-state index contributed by atoms with van der Waals surface area (Å²) in [5, 5.41) is 21.4. The lowest BCUT2D eigenvalue weighted by Crippen LogP contribution is -2.35. The van der Waals surface area contributed by atoms with Gasteiger partial charge >= 0.3 is 11.9 Å². The van der Waals surface area contributed by atoms with E-state index in [4.69, 9.17) is 14.3 Å². The van der Waals surface area contributed by atoms with Gasteiger partial charge in [-0.2, -0.15) is 0 Å². The van der Waals surface area contributed by atoms with Gasteiger partial charge < -0.3 is 19.4 Å². The van der Waals surface area contributed by atoms with E-state index in [1.807, 2.05) is 35.2 Å². The van der Waals surface area contributed by atoms with Crippen molar-refractivity contribution < 1.29 is 33.7 Å². The number of carbonyl (C=O) groups is 1. The molecule has 150 valence electrons. The molecule has 8 heteroatoms. The molecule has 0 saturated heterocycles. The molecule has 2 rings (SSSR count). The largest absolute Gasteiger partial charge is 0.481 e. The average molecular weight is 389 g/mol. The number of carboxylic acid groups (broad SMARTS) is 1. The summed E-state index contributed by atoms with van der Waals surface area (Å²) < 4.78 is 12.4. The van der Waals surface area contributed by atoms with Crippen LogP contribution in [0.15, 0.2) is 54.9 Å². The number of aliphatic carboxylic acids is 1. The number of rotatable bonds is 10. The van der Waals surface area contributed by atoms with Gasteiger partial charge in [0.1, 0.15) is 19.1 Å². The van der Waals surface area contributed by atoms with Gasteiger partial charge in [0.2, 0.25) is 0 Å². The first-order chi connectivity index (χ1) is 13.5. The molecule has 0 amide bonds. The molecule has 0 fully saturated rings. The van der Waals surface area contributed by atoms with E-state index in [0.717, 1.165) is 0 Å². The zero-order valence-corrected chi connectivity index (χ0v) is 16.0. The lowest BCUT2D eigenvalue weighted by atomic mass is 9.95. The number of methoxy groups -OCH3 is 1. The summed E-state index contributed by atoms with van der Waals surface area (Å²) >= 11 is 0.